The van der Waals surface area contributed by atoms with Gasteiger partial charge in [-0.05, 0) is 47.9 Å². The van der Waals surface area contributed by atoms with E-state index in [1.165, 1.54) is 12.1 Å². The van der Waals surface area contributed by atoms with Crippen molar-refractivity contribution in [1.29, 1.82) is 0 Å². The Kier molecular flexibility index (Phi) is 5.12. The van der Waals surface area contributed by atoms with E-state index in [0.717, 1.165) is 22.2 Å². The fourth-order valence-corrected chi connectivity index (χ4v) is 3.01. The minimum absolute atomic E-state index is 0.225. The minimum atomic E-state index is -0.967. The zero-order valence-corrected chi connectivity index (χ0v) is 15.5. The van der Waals surface area contributed by atoms with Gasteiger partial charge in [0.2, 0.25) is 0 Å². The Labute approximate surface area is 157 Å². The third-order valence-corrected chi connectivity index (χ3v) is 4.51. The van der Waals surface area contributed by atoms with Gasteiger partial charge in [-0.1, -0.05) is 25.1 Å². The predicted molar refractivity (Wildman–Crippen MR) is 109 cm³/mol. The third-order valence-electron chi connectivity index (χ3n) is 4.51. The Morgan fingerprint density at radius 2 is 1.81 bits per heavy atom. The molecule has 5 nitrogen and oxygen atoms in total. The fourth-order valence-electron chi connectivity index (χ4n) is 3.01. The maximum absolute atomic E-state index is 12.5. The number of aryl methyl sites for hydroxylation is 1. The largest absolute Gasteiger partial charge is 0.478 e. The number of carboxylic acid groups (broad SMARTS) is 1. The smallest absolute Gasteiger partial charge is 0.343 e. The second kappa shape index (κ2) is 7.50. The van der Waals surface area contributed by atoms with Crippen molar-refractivity contribution in [1.82, 2.24) is 0 Å². The number of carbonyl (C=O) groups is 1. The second-order valence-corrected chi connectivity index (χ2v) is 6.47. The molecule has 0 saturated carbocycles. The highest BCUT2D eigenvalue weighted by Gasteiger charge is 2.12. The molecule has 0 bridgehead atoms. The fraction of sp³-hybridized carbons (Fsp3) is 0.182. The lowest BCUT2D eigenvalue weighted by Gasteiger charge is -2.14. The maximum Gasteiger partial charge on any atom is 0.343 e. The molecule has 0 radical (unpaired) electrons. The molecule has 138 valence electrons. The summed E-state index contributed by atoms with van der Waals surface area (Å²) < 4.78 is 5.55. The van der Waals surface area contributed by atoms with Crippen molar-refractivity contribution < 1.29 is 14.3 Å². The average Bonchev–Trinajstić information content (AvgIpc) is 2.65. The highest BCUT2D eigenvalue weighted by Crippen LogP contribution is 2.26. The Morgan fingerprint density at radius 1 is 1.11 bits per heavy atom. The highest BCUT2D eigenvalue weighted by molar-refractivity contribution is 5.89. The number of aromatic carboxylic acids is 1. The molecule has 0 atom stereocenters. The maximum atomic E-state index is 12.5. The zero-order chi connectivity index (χ0) is 19.6. The van der Waals surface area contributed by atoms with E-state index in [4.69, 9.17) is 9.52 Å². The van der Waals surface area contributed by atoms with Crippen LogP contribution in [0.2, 0.25) is 0 Å². The average molecular weight is 363 g/mol. The molecular formula is C22H21NO4. The van der Waals surface area contributed by atoms with E-state index in [1.807, 2.05) is 44.1 Å². The van der Waals surface area contributed by atoms with Crippen LogP contribution < -0.4 is 10.5 Å². The van der Waals surface area contributed by atoms with Crippen molar-refractivity contribution in [3.8, 4) is 0 Å². The zero-order valence-electron chi connectivity index (χ0n) is 15.5. The van der Waals surface area contributed by atoms with E-state index in [2.05, 4.69) is 0 Å². The summed E-state index contributed by atoms with van der Waals surface area (Å²) in [6.07, 6.45) is 4.22. The van der Waals surface area contributed by atoms with Crippen molar-refractivity contribution >= 4 is 34.8 Å². The number of anilines is 1. The molecule has 3 aromatic rings. The molecule has 5 heteroatoms. The summed E-state index contributed by atoms with van der Waals surface area (Å²) in [5.74, 6) is -0.967. The van der Waals surface area contributed by atoms with Gasteiger partial charge in [0.25, 0.3) is 0 Å². The Bertz CT molecular complexity index is 1080. The van der Waals surface area contributed by atoms with Gasteiger partial charge in [-0.2, -0.15) is 0 Å². The van der Waals surface area contributed by atoms with E-state index in [0.29, 0.717) is 17.6 Å². The van der Waals surface area contributed by atoms with Gasteiger partial charge in [0.1, 0.15) is 5.58 Å². The first kappa shape index (κ1) is 18.5. The van der Waals surface area contributed by atoms with Gasteiger partial charge in [-0.15, -0.1) is 0 Å². The van der Waals surface area contributed by atoms with E-state index in [9.17, 15) is 9.59 Å². The number of fused-ring (bicyclic) bond motifs is 1. The van der Waals surface area contributed by atoms with Crippen LogP contribution in [0.5, 0.6) is 0 Å². The standard InChI is InChI=1S/C22H21NO4/c1-4-17-18-12-10-16(23(2)3)13-20(18)27-22(26)19(17)11-7-14-5-8-15(9-6-14)21(24)25/h5-13H,4H2,1-3H3,(H,24,25)/b11-7+. The molecule has 0 aliphatic carbocycles. The molecule has 0 fully saturated rings. The quantitative estimate of drug-likeness (QED) is 0.685. The summed E-state index contributed by atoms with van der Waals surface area (Å²) in [6.45, 7) is 2.01. The van der Waals surface area contributed by atoms with Gasteiger partial charge in [0.05, 0.1) is 11.1 Å². The lowest BCUT2D eigenvalue weighted by Crippen LogP contribution is -2.10. The van der Waals surface area contributed by atoms with E-state index in [-0.39, 0.29) is 11.2 Å². The molecule has 1 aromatic heterocycles. The summed E-state index contributed by atoms with van der Waals surface area (Å²) in [5, 5.41) is 9.89. The molecule has 1 heterocycles. The van der Waals surface area contributed by atoms with Gasteiger partial charge in [0.15, 0.2) is 0 Å². The van der Waals surface area contributed by atoms with Gasteiger partial charge in [-0.3, -0.25) is 0 Å². The lowest BCUT2D eigenvalue weighted by atomic mass is 10.0. The molecule has 0 aliphatic heterocycles. The topological polar surface area (TPSA) is 70.7 Å². The van der Waals surface area contributed by atoms with Crippen molar-refractivity contribution in [2.24, 2.45) is 0 Å². The Balaban J connectivity index is 2.05. The van der Waals surface area contributed by atoms with Crippen LogP contribution in [0.1, 0.15) is 34.0 Å². The number of nitrogens with zero attached hydrogens (tertiary/aromatic N) is 1. The predicted octanol–water partition coefficient (Wildman–Crippen LogP) is 4.29. The summed E-state index contributed by atoms with van der Waals surface area (Å²) >= 11 is 0. The summed E-state index contributed by atoms with van der Waals surface area (Å²) in [5.41, 5.74) is 3.65. The summed E-state index contributed by atoms with van der Waals surface area (Å²) in [7, 11) is 3.87. The Hall–Kier alpha value is -3.34. The van der Waals surface area contributed by atoms with Crippen LogP contribution in [0.4, 0.5) is 5.69 Å². The van der Waals surface area contributed by atoms with Crippen molar-refractivity contribution in [2.45, 2.75) is 13.3 Å². The Morgan fingerprint density at radius 3 is 2.41 bits per heavy atom. The first-order chi connectivity index (χ1) is 12.9. The first-order valence-electron chi connectivity index (χ1n) is 8.69. The SMILES string of the molecule is CCc1c(/C=C/c2ccc(C(=O)O)cc2)c(=O)oc2cc(N(C)C)ccc12. The number of rotatable bonds is 5. The normalized spacial score (nSPS) is 11.2. The second-order valence-electron chi connectivity index (χ2n) is 6.47. The van der Waals surface area contributed by atoms with Crippen molar-refractivity contribution in [3.63, 3.8) is 0 Å². The molecule has 1 N–H and O–H groups in total. The van der Waals surface area contributed by atoms with E-state index < -0.39 is 5.97 Å². The van der Waals surface area contributed by atoms with Crippen molar-refractivity contribution in [2.75, 3.05) is 19.0 Å². The van der Waals surface area contributed by atoms with Gasteiger partial charge in [-0.25, -0.2) is 9.59 Å². The van der Waals surface area contributed by atoms with E-state index in [1.54, 1.807) is 24.3 Å². The summed E-state index contributed by atoms with van der Waals surface area (Å²) in [4.78, 5) is 25.4. The van der Waals surface area contributed by atoms with Crippen LogP contribution in [-0.4, -0.2) is 25.2 Å². The molecule has 0 amide bonds. The van der Waals surface area contributed by atoms with E-state index >= 15 is 0 Å². The molecular weight excluding hydrogens is 342 g/mol. The van der Waals surface area contributed by atoms with Crippen LogP contribution in [0.15, 0.2) is 51.7 Å². The molecule has 0 unspecified atom stereocenters. The lowest BCUT2D eigenvalue weighted by molar-refractivity contribution is 0.0697. The van der Waals surface area contributed by atoms with Crippen molar-refractivity contribution in [3.05, 3.63) is 75.1 Å². The first-order valence-corrected chi connectivity index (χ1v) is 8.69. The van der Waals surface area contributed by atoms with Gasteiger partial charge >= 0.3 is 11.6 Å². The van der Waals surface area contributed by atoms with Crippen LogP contribution in [0, 0.1) is 0 Å². The number of hydrogen-bond donors (Lipinski definition) is 1. The van der Waals surface area contributed by atoms with Crippen LogP contribution >= 0.6 is 0 Å². The van der Waals surface area contributed by atoms with Crippen LogP contribution in [0.25, 0.3) is 23.1 Å². The van der Waals surface area contributed by atoms with Crippen LogP contribution in [-0.2, 0) is 6.42 Å². The van der Waals surface area contributed by atoms with Gasteiger partial charge < -0.3 is 14.4 Å². The number of benzene rings is 2. The molecule has 27 heavy (non-hydrogen) atoms. The van der Waals surface area contributed by atoms with Gasteiger partial charge in [0, 0.05) is 31.2 Å². The number of hydrogen-bond acceptors (Lipinski definition) is 4. The molecule has 0 aliphatic rings. The third kappa shape index (κ3) is 3.77. The monoisotopic (exact) mass is 363 g/mol. The molecule has 3 rings (SSSR count). The highest BCUT2D eigenvalue weighted by atomic mass is 16.4. The molecule has 0 spiro atoms. The molecule has 0 saturated heterocycles. The van der Waals surface area contributed by atoms with Crippen LogP contribution in [0.3, 0.4) is 0 Å². The minimum Gasteiger partial charge on any atom is -0.478 e. The number of carboxylic acids is 1. The molecule has 2 aromatic carbocycles. The summed E-state index contributed by atoms with van der Waals surface area (Å²) in [6, 6.07) is 12.3.